The summed E-state index contributed by atoms with van der Waals surface area (Å²) in [6.07, 6.45) is 0. The van der Waals surface area contributed by atoms with Gasteiger partial charge in [0.25, 0.3) is 0 Å². The molecular weight excluding hydrogens is 178 g/mol. The van der Waals surface area contributed by atoms with Gasteiger partial charge in [0, 0.05) is 11.0 Å². The quantitative estimate of drug-likeness (QED) is 0.631. The molecule has 0 fully saturated rings. The van der Waals surface area contributed by atoms with Crippen LogP contribution in [0, 0.1) is 0 Å². The molecule has 3 heteroatoms. The molecule has 0 atom stereocenters. The molecule has 0 aliphatic heterocycles. The number of aromatic carboxylic acids is 1. The molecule has 0 radical (unpaired) electrons. The van der Waals surface area contributed by atoms with Crippen molar-refractivity contribution in [2.45, 2.75) is 0 Å². The van der Waals surface area contributed by atoms with Crippen LogP contribution in [0.15, 0.2) is 36.4 Å². The summed E-state index contributed by atoms with van der Waals surface area (Å²) in [7, 11) is 0. The first-order valence-electron chi connectivity index (χ1n) is 4.33. The normalized spacial score (nSPS) is 11.4. The lowest BCUT2D eigenvalue weighted by Gasteiger charge is -1.93. The van der Waals surface area contributed by atoms with Crippen LogP contribution in [0.5, 0.6) is 0 Å². The summed E-state index contributed by atoms with van der Waals surface area (Å²) >= 11 is 0. The van der Waals surface area contributed by atoms with Crippen molar-refractivity contribution in [3.05, 3.63) is 42.0 Å². The molecule has 0 saturated heterocycles. The second-order valence-electron chi connectivity index (χ2n) is 3.29. The number of carbonyl (C=O) groups is 1. The van der Waals surface area contributed by atoms with Gasteiger partial charge in [-0.1, -0.05) is 6.07 Å². The van der Waals surface area contributed by atoms with Crippen LogP contribution in [0.4, 0.5) is 0 Å². The van der Waals surface area contributed by atoms with Gasteiger partial charge in [-0.2, -0.15) is 0 Å². The van der Waals surface area contributed by atoms with Crippen LogP contribution >= 0.6 is 0 Å². The summed E-state index contributed by atoms with van der Waals surface area (Å²) in [4.78, 5) is 10.9. The van der Waals surface area contributed by atoms with Crippen molar-refractivity contribution in [2.75, 3.05) is 0 Å². The Hall–Kier alpha value is -2.03. The molecule has 0 aliphatic carbocycles. The maximum atomic E-state index is 10.9. The Labute approximate surface area is 79.5 Å². The predicted octanol–water partition coefficient (Wildman–Crippen LogP) is 2.23. The van der Waals surface area contributed by atoms with Crippen molar-refractivity contribution in [3.63, 3.8) is 0 Å². The lowest BCUT2D eigenvalue weighted by molar-refractivity contribution is 0.0699. The Balaban J connectivity index is 2.59. The molecule has 3 aromatic heterocycles. The molecular formula is C11H7NO2. The van der Waals surface area contributed by atoms with Crippen molar-refractivity contribution in [3.8, 4) is 0 Å². The average molecular weight is 185 g/mol. The SMILES string of the molecule is O=C(O)c1cc2cccc3ccc1n32. The monoisotopic (exact) mass is 185 g/mol. The van der Waals surface area contributed by atoms with Crippen LogP contribution in [-0.2, 0) is 0 Å². The second-order valence-corrected chi connectivity index (χ2v) is 3.29. The van der Waals surface area contributed by atoms with Crippen LogP contribution in [0.25, 0.3) is 16.6 Å². The smallest absolute Gasteiger partial charge is 0.337 e. The molecule has 0 aromatic carbocycles. The number of carboxylic acid groups (broad SMARTS) is 1. The largest absolute Gasteiger partial charge is 0.478 e. The minimum absolute atomic E-state index is 0.367. The zero-order valence-electron chi connectivity index (χ0n) is 7.27. The van der Waals surface area contributed by atoms with Gasteiger partial charge in [0.15, 0.2) is 0 Å². The highest BCUT2D eigenvalue weighted by molar-refractivity contribution is 6.00. The van der Waals surface area contributed by atoms with Crippen LogP contribution in [0.1, 0.15) is 10.4 Å². The van der Waals surface area contributed by atoms with E-state index >= 15 is 0 Å². The highest BCUT2D eigenvalue weighted by atomic mass is 16.4. The van der Waals surface area contributed by atoms with Crippen LogP contribution in [0.2, 0.25) is 0 Å². The van der Waals surface area contributed by atoms with Crippen LogP contribution in [0.3, 0.4) is 0 Å². The van der Waals surface area contributed by atoms with E-state index in [2.05, 4.69) is 0 Å². The molecule has 68 valence electrons. The van der Waals surface area contributed by atoms with Crippen LogP contribution in [-0.4, -0.2) is 15.5 Å². The van der Waals surface area contributed by atoms with E-state index in [-0.39, 0.29) is 0 Å². The summed E-state index contributed by atoms with van der Waals surface area (Å²) < 4.78 is 1.95. The average Bonchev–Trinajstić information content (AvgIpc) is 2.72. The fraction of sp³-hybridized carbons (Fsp3) is 0. The molecule has 0 bridgehead atoms. The van der Waals surface area contributed by atoms with E-state index in [9.17, 15) is 4.79 Å². The Morgan fingerprint density at radius 1 is 1.14 bits per heavy atom. The van der Waals surface area contributed by atoms with E-state index in [4.69, 9.17) is 5.11 Å². The molecule has 3 heterocycles. The van der Waals surface area contributed by atoms with Gasteiger partial charge in [-0.15, -0.1) is 0 Å². The molecule has 3 aromatic rings. The van der Waals surface area contributed by atoms with E-state index in [1.165, 1.54) is 0 Å². The topological polar surface area (TPSA) is 41.7 Å². The van der Waals surface area contributed by atoms with Gasteiger partial charge in [0.1, 0.15) is 0 Å². The molecule has 0 spiro atoms. The Morgan fingerprint density at radius 3 is 2.71 bits per heavy atom. The van der Waals surface area contributed by atoms with E-state index < -0.39 is 5.97 Å². The molecule has 3 rings (SSSR count). The molecule has 3 nitrogen and oxygen atoms in total. The number of hydrogen-bond acceptors (Lipinski definition) is 1. The number of carboxylic acids is 1. The molecule has 0 amide bonds. The summed E-state index contributed by atoms with van der Waals surface area (Å²) in [5, 5.41) is 8.97. The first kappa shape index (κ1) is 7.38. The third-order valence-electron chi connectivity index (χ3n) is 2.50. The zero-order chi connectivity index (χ0) is 9.71. The minimum atomic E-state index is -0.874. The fourth-order valence-corrected chi connectivity index (χ4v) is 1.91. The van der Waals surface area contributed by atoms with Crippen molar-refractivity contribution < 1.29 is 9.90 Å². The molecule has 0 saturated carbocycles. The van der Waals surface area contributed by atoms with Crippen molar-refractivity contribution in [1.82, 2.24) is 4.40 Å². The van der Waals surface area contributed by atoms with Gasteiger partial charge in [-0.05, 0) is 30.3 Å². The standard InChI is InChI=1S/C11H7NO2/c13-11(14)9-6-8-3-1-2-7-4-5-10(9)12(7)8/h1-6H,(H,13,14). The van der Waals surface area contributed by atoms with E-state index in [1.807, 2.05) is 34.7 Å². The van der Waals surface area contributed by atoms with Gasteiger partial charge in [0.2, 0.25) is 0 Å². The van der Waals surface area contributed by atoms with Gasteiger partial charge >= 0.3 is 5.97 Å². The fourth-order valence-electron chi connectivity index (χ4n) is 1.91. The van der Waals surface area contributed by atoms with Gasteiger partial charge < -0.3 is 9.51 Å². The van der Waals surface area contributed by atoms with Crippen molar-refractivity contribution in [2.24, 2.45) is 0 Å². The summed E-state index contributed by atoms with van der Waals surface area (Å²) in [6.45, 7) is 0. The summed E-state index contributed by atoms with van der Waals surface area (Å²) in [5.41, 5.74) is 3.10. The Morgan fingerprint density at radius 2 is 1.93 bits per heavy atom. The second kappa shape index (κ2) is 2.26. The number of pyridine rings is 1. The highest BCUT2D eigenvalue weighted by Gasteiger charge is 2.13. The van der Waals surface area contributed by atoms with Gasteiger partial charge in [-0.25, -0.2) is 4.79 Å². The first-order chi connectivity index (χ1) is 6.77. The highest BCUT2D eigenvalue weighted by Crippen LogP contribution is 2.23. The molecule has 14 heavy (non-hydrogen) atoms. The maximum absolute atomic E-state index is 10.9. The summed E-state index contributed by atoms with van der Waals surface area (Å²) in [5.74, 6) is -0.874. The Bertz CT molecular complexity index is 624. The first-order valence-corrected chi connectivity index (χ1v) is 4.33. The molecule has 0 aliphatic rings. The van der Waals surface area contributed by atoms with Gasteiger partial charge in [-0.3, -0.25) is 0 Å². The summed E-state index contributed by atoms with van der Waals surface area (Å²) in [6, 6.07) is 11.3. The van der Waals surface area contributed by atoms with Gasteiger partial charge in [0.05, 0.1) is 11.1 Å². The van der Waals surface area contributed by atoms with Crippen molar-refractivity contribution >= 4 is 22.5 Å². The van der Waals surface area contributed by atoms with E-state index in [0.29, 0.717) is 5.56 Å². The van der Waals surface area contributed by atoms with E-state index in [0.717, 1.165) is 16.6 Å². The molecule has 1 N–H and O–H groups in total. The predicted molar refractivity (Wildman–Crippen MR) is 53.0 cm³/mol. The maximum Gasteiger partial charge on any atom is 0.337 e. The Kier molecular flexibility index (Phi) is 1.19. The number of hydrogen-bond donors (Lipinski definition) is 1. The number of aromatic nitrogens is 1. The third-order valence-corrected chi connectivity index (χ3v) is 2.50. The van der Waals surface area contributed by atoms with Crippen LogP contribution < -0.4 is 0 Å². The lowest BCUT2D eigenvalue weighted by Crippen LogP contribution is -1.93. The minimum Gasteiger partial charge on any atom is -0.478 e. The zero-order valence-corrected chi connectivity index (χ0v) is 7.27. The molecule has 0 unspecified atom stereocenters. The number of rotatable bonds is 1. The lowest BCUT2D eigenvalue weighted by atomic mass is 10.2. The van der Waals surface area contributed by atoms with E-state index in [1.54, 1.807) is 6.07 Å². The number of nitrogens with zero attached hydrogens (tertiary/aromatic N) is 1. The van der Waals surface area contributed by atoms with Crippen molar-refractivity contribution in [1.29, 1.82) is 0 Å². The third kappa shape index (κ3) is 0.738.